The average molecular weight is 304 g/mol. The fourth-order valence-corrected chi connectivity index (χ4v) is 4.35. The molecule has 0 radical (unpaired) electrons. The van der Waals surface area contributed by atoms with E-state index < -0.39 is 22.4 Å². The number of halogens is 3. The summed E-state index contributed by atoms with van der Waals surface area (Å²) in [4.78, 5) is -0.118. The second-order valence-electron chi connectivity index (χ2n) is 4.87. The zero-order valence-electron chi connectivity index (χ0n) is 10.8. The quantitative estimate of drug-likeness (QED) is 0.829. The van der Waals surface area contributed by atoms with Crippen molar-refractivity contribution in [2.45, 2.75) is 31.9 Å². The largest absolute Gasteiger partial charge is 0.392 e. The van der Waals surface area contributed by atoms with Gasteiger partial charge in [-0.1, -0.05) is 30.3 Å². The molecule has 0 N–H and O–H groups in total. The van der Waals surface area contributed by atoms with E-state index in [1.54, 1.807) is 30.3 Å². The molecule has 0 amide bonds. The van der Waals surface area contributed by atoms with E-state index in [9.17, 15) is 21.6 Å². The molecule has 0 aliphatic carbocycles. The number of benzene rings is 1. The molecule has 0 unspecified atom stereocenters. The molecule has 0 saturated carbocycles. The topological polar surface area (TPSA) is 34.1 Å². The highest BCUT2D eigenvalue weighted by Gasteiger charge is 2.34. The van der Waals surface area contributed by atoms with E-state index in [-0.39, 0.29) is 22.7 Å². The van der Waals surface area contributed by atoms with Gasteiger partial charge in [0.15, 0.2) is 9.84 Å². The SMILES string of the molecule is O=S1(=O)CCCCC(CC(F)(F)F)=C1c1ccccc1. The van der Waals surface area contributed by atoms with Gasteiger partial charge in [-0.05, 0) is 30.4 Å². The number of hydrogen-bond acceptors (Lipinski definition) is 2. The molecular weight excluding hydrogens is 289 g/mol. The van der Waals surface area contributed by atoms with Gasteiger partial charge in [0.05, 0.1) is 17.1 Å². The molecule has 0 bridgehead atoms. The first-order chi connectivity index (χ1) is 9.30. The molecule has 0 aromatic heterocycles. The van der Waals surface area contributed by atoms with Crippen LogP contribution in [0.15, 0.2) is 35.9 Å². The van der Waals surface area contributed by atoms with E-state index in [4.69, 9.17) is 0 Å². The highest BCUT2D eigenvalue weighted by molar-refractivity contribution is 8.00. The highest BCUT2D eigenvalue weighted by atomic mass is 32.2. The first-order valence-corrected chi connectivity index (χ1v) is 8.02. The fraction of sp³-hybridized carbons (Fsp3) is 0.429. The summed E-state index contributed by atoms with van der Waals surface area (Å²) in [5.41, 5.74) is 0.342. The number of hydrogen-bond donors (Lipinski definition) is 0. The Hall–Kier alpha value is -1.30. The molecule has 0 saturated heterocycles. The van der Waals surface area contributed by atoms with Gasteiger partial charge >= 0.3 is 6.18 Å². The maximum absolute atomic E-state index is 12.7. The molecule has 1 aromatic carbocycles. The van der Waals surface area contributed by atoms with Gasteiger partial charge in [0.2, 0.25) is 0 Å². The second-order valence-corrected chi connectivity index (χ2v) is 6.91. The molecule has 2 nitrogen and oxygen atoms in total. The minimum Gasteiger partial charge on any atom is -0.224 e. The van der Waals surface area contributed by atoms with Crippen LogP contribution < -0.4 is 0 Å². The molecule has 1 heterocycles. The maximum atomic E-state index is 12.7. The molecular formula is C14H15F3O2S. The summed E-state index contributed by atoms with van der Waals surface area (Å²) in [6, 6.07) is 8.07. The molecule has 110 valence electrons. The lowest BCUT2D eigenvalue weighted by Crippen LogP contribution is -2.13. The number of rotatable bonds is 2. The smallest absolute Gasteiger partial charge is 0.224 e. The molecule has 6 heteroatoms. The summed E-state index contributed by atoms with van der Waals surface area (Å²) >= 11 is 0. The molecule has 0 spiro atoms. The molecule has 2 rings (SSSR count). The van der Waals surface area contributed by atoms with Crippen LogP contribution in [0.2, 0.25) is 0 Å². The van der Waals surface area contributed by atoms with E-state index >= 15 is 0 Å². The van der Waals surface area contributed by atoms with Crippen LogP contribution in [0, 0.1) is 0 Å². The Bertz CT molecular complexity index is 601. The zero-order valence-corrected chi connectivity index (χ0v) is 11.6. The third-order valence-electron chi connectivity index (χ3n) is 3.22. The van der Waals surface area contributed by atoms with E-state index in [1.165, 1.54) is 0 Å². The van der Waals surface area contributed by atoms with Crippen molar-refractivity contribution in [3.63, 3.8) is 0 Å². The van der Waals surface area contributed by atoms with Gasteiger partial charge in [0, 0.05) is 0 Å². The minimum atomic E-state index is -4.39. The van der Waals surface area contributed by atoms with Crippen molar-refractivity contribution in [1.29, 1.82) is 0 Å². The van der Waals surface area contributed by atoms with Gasteiger partial charge in [-0.15, -0.1) is 0 Å². The van der Waals surface area contributed by atoms with Crippen molar-refractivity contribution in [1.82, 2.24) is 0 Å². The van der Waals surface area contributed by atoms with Crippen LogP contribution in [0.25, 0.3) is 4.91 Å². The first-order valence-electron chi connectivity index (χ1n) is 6.36. The minimum absolute atomic E-state index is 0.0128. The molecule has 1 aromatic rings. The van der Waals surface area contributed by atoms with E-state index in [0.717, 1.165) is 0 Å². The summed E-state index contributed by atoms with van der Waals surface area (Å²) in [5, 5.41) is 0. The summed E-state index contributed by atoms with van der Waals surface area (Å²) < 4.78 is 62.6. The summed E-state index contributed by atoms with van der Waals surface area (Å²) in [6.45, 7) is 0. The lowest BCUT2D eigenvalue weighted by atomic mass is 10.0. The van der Waals surface area contributed by atoms with Gasteiger partial charge < -0.3 is 0 Å². The normalized spacial score (nSPS) is 19.8. The Morgan fingerprint density at radius 3 is 2.30 bits per heavy atom. The lowest BCUT2D eigenvalue weighted by molar-refractivity contribution is -0.127. The summed E-state index contributed by atoms with van der Waals surface area (Å²) in [7, 11) is -3.65. The van der Waals surface area contributed by atoms with Crippen molar-refractivity contribution in [3.8, 4) is 0 Å². The Kier molecular flexibility index (Phi) is 4.22. The van der Waals surface area contributed by atoms with Gasteiger partial charge in [0.1, 0.15) is 0 Å². The van der Waals surface area contributed by atoms with Crippen LogP contribution in [0.1, 0.15) is 31.2 Å². The van der Waals surface area contributed by atoms with Crippen molar-refractivity contribution in [2.24, 2.45) is 0 Å². The van der Waals surface area contributed by atoms with E-state index in [0.29, 0.717) is 18.4 Å². The van der Waals surface area contributed by atoms with Gasteiger partial charge in [-0.3, -0.25) is 0 Å². The monoisotopic (exact) mass is 304 g/mol. The second kappa shape index (κ2) is 5.60. The van der Waals surface area contributed by atoms with Crippen molar-refractivity contribution in [2.75, 3.05) is 5.75 Å². The van der Waals surface area contributed by atoms with Crippen molar-refractivity contribution < 1.29 is 21.6 Å². The maximum Gasteiger partial charge on any atom is 0.392 e. The van der Waals surface area contributed by atoms with Crippen molar-refractivity contribution >= 4 is 14.7 Å². The molecule has 1 aliphatic rings. The van der Waals surface area contributed by atoms with Gasteiger partial charge in [0.25, 0.3) is 0 Å². The average Bonchev–Trinajstić information content (AvgIpc) is 2.47. The number of allylic oxidation sites excluding steroid dienone is 1. The number of alkyl halides is 3. The third kappa shape index (κ3) is 3.62. The van der Waals surface area contributed by atoms with Gasteiger partial charge in [-0.25, -0.2) is 8.42 Å². The molecule has 20 heavy (non-hydrogen) atoms. The van der Waals surface area contributed by atoms with E-state index in [1.807, 2.05) is 0 Å². The van der Waals surface area contributed by atoms with Gasteiger partial charge in [-0.2, -0.15) is 13.2 Å². The molecule has 1 aliphatic heterocycles. The summed E-state index contributed by atoms with van der Waals surface area (Å²) in [5.74, 6) is -0.0847. The predicted octanol–water partition coefficient (Wildman–Crippen LogP) is 3.95. The Balaban J connectivity index is 2.59. The van der Waals surface area contributed by atoms with Crippen LogP contribution in [0.4, 0.5) is 13.2 Å². The summed E-state index contributed by atoms with van der Waals surface area (Å²) in [6.07, 6.45) is -4.49. The van der Waals surface area contributed by atoms with Crippen LogP contribution >= 0.6 is 0 Å². The lowest BCUT2D eigenvalue weighted by Gasteiger charge is -2.15. The molecule has 0 fully saturated rings. The molecule has 0 atom stereocenters. The Morgan fingerprint density at radius 1 is 1.05 bits per heavy atom. The fourth-order valence-electron chi connectivity index (χ4n) is 2.45. The highest BCUT2D eigenvalue weighted by Crippen LogP contribution is 2.37. The third-order valence-corrected chi connectivity index (χ3v) is 5.20. The number of sulfone groups is 1. The van der Waals surface area contributed by atoms with Crippen LogP contribution in [-0.4, -0.2) is 20.3 Å². The first kappa shape index (κ1) is 15.1. The van der Waals surface area contributed by atoms with Crippen molar-refractivity contribution in [3.05, 3.63) is 41.5 Å². The zero-order chi connectivity index (χ0) is 14.8. The Labute approximate surface area is 116 Å². The predicted molar refractivity (Wildman–Crippen MR) is 71.7 cm³/mol. The van der Waals surface area contributed by atoms with Crippen LogP contribution in [-0.2, 0) is 9.84 Å². The van der Waals surface area contributed by atoms with Crippen LogP contribution in [0.5, 0.6) is 0 Å². The van der Waals surface area contributed by atoms with E-state index in [2.05, 4.69) is 0 Å². The van der Waals surface area contributed by atoms with Crippen LogP contribution in [0.3, 0.4) is 0 Å². The Morgan fingerprint density at radius 2 is 1.70 bits per heavy atom. The standard InChI is InChI=1S/C14H15F3O2S/c15-14(16,17)10-12-8-4-5-9-20(18,19)13(12)11-6-2-1-3-7-11/h1-3,6-7H,4-5,8-10H2.